The Bertz CT molecular complexity index is 1250. The number of benzene rings is 2. The highest BCUT2D eigenvalue weighted by Crippen LogP contribution is 2.35. The molecular weight excluding hydrogens is 374 g/mol. The van der Waals surface area contributed by atoms with E-state index in [1.165, 1.54) is 11.3 Å². The maximum Gasteiger partial charge on any atom is 0.266 e. The summed E-state index contributed by atoms with van der Waals surface area (Å²) in [6.07, 6.45) is 1.73. The molecule has 0 spiro atoms. The second-order valence-electron chi connectivity index (χ2n) is 5.98. The average molecular weight is 387 g/mol. The Hall–Kier alpha value is -3.09. The van der Waals surface area contributed by atoms with Crippen molar-refractivity contribution in [1.82, 2.24) is 9.97 Å². The molecule has 0 atom stereocenters. The minimum Gasteiger partial charge on any atom is -0.319 e. The lowest BCUT2D eigenvalue weighted by Gasteiger charge is -2.08. The first-order valence-electron chi connectivity index (χ1n) is 8.38. The summed E-state index contributed by atoms with van der Waals surface area (Å²) in [7, 11) is 0. The number of hydrogen-bond donors (Lipinski definition) is 1. The van der Waals surface area contributed by atoms with Crippen LogP contribution in [0.5, 0.6) is 0 Å². The summed E-state index contributed by atoms with van der Waals surface area (Å²) in [5.74, 6) is -0.141. The fraction of sp³-hybridized carbons (Fsp3) is 0. The molecule has 0 fully saturated rings. The number of fused-ring (bicyclic) bond motifs is 2. The molecule has 0 saturated carbocycles. The van der Waals surface area contributed by atoms with E-state index in [0.717, 1.165) is 31.7 Å². The van der Waals surface area contributed by atoms with E-state index in [4.69, 9.17) is 0 Å². The van der Waals surface area contributed by atoms with Crippen molar-refractivity contribution >= 4 is 55.4 Å². The quantitative estimate of drug-likeness (QED) is 0.424. The first kappa shape index (κ1) is 16.1. The van der Waals surface area contributed by atoms with Crippen molar-refractivity contribution in [3.05, 3.63) is 77.1 Å². The number of thiophene rings is 1. The molecule has 27 heavy (non-hydrogen) atoms. The fourth-order valence-electron chi connectivity index (χ4n) is 3.03. The van der Waals surface area contributed by atoms with Gasteiger partial charge in [-0.05, 0) is 35.7 Å². The third-order valence-corrected chi connectivity index (χ3v) is 6.26. The van der Waals surface area contributed by atoms with Crippen LogP contribution in [0.1, 0.15) is 9.67 Å². The Labute approximate surface area is 163 Å². The van der Waals surface area contributed by atoms with Gasteiger partial charge in [0, 0.05) is 17.1 Å². The number of pyridine rings is 1. The molecule has 2 aromatic carbocycles. The monoisotopic (exact) mass is 387 g/mol. The lowest BCUT2D eigenvalue weighted by molar-refractivity contribution is 0.103. The molecule has 0 aliphatic rings. The highest BCUT2D eigenvalue weighted by molar-refractivity contribution is 7.22. The second-order valence-corrected chi connectivity index (χ2v) is 7.93. The molecule has 0 bridgehead atoms. The molecular formula is C21H13N3OS2. The van der Waals surface area contributed by atoms with Crippen LogP contribution >= 0.6 is 22.7 Å². The van der Waals surface area contributed by atoms with Crippen molar-refractivity contribution in [2.45, 2.75) is 0 Å². The average Bonchev–Trinajstić information content (AvgIpc) is 3.35. The second kappa shape index (κ2) is 6.57. The molecule has 1 amide bonds. The van der Waals surface area contributed by atoms with Crippen molar-refractivity contribution in [3.8, 4) is 10.6 Å². The van der Waals surface area contributed by atoms with Crippen LogP contribution in [0, 0.1) is 0 Å². The summed E-state index contributed by atoms with van der Waals surface area (Å²) in [5, 5.41) is 6.80. The van der Waals surface area contributed by atoms with Gasteiger partial charge in [-0.1, -0.05) is 30.3 Å². The number of carbonyl (C=O) groups is 1. The van der Waals surface area contributed by atoms with E-state index in [9.17, 15) is 4.79 Å². The Morgan fingerprint density at radius 2 is 1.85 bits per heavy atom. The standard InChI is InChI=1S/C21H13N3OS2/c25-20(23-16-8-3-5-13-6-4-11-22-18(13)16)19-14(10-12-26-19)21-24-15-7-1-2-9-17(15)27-21/h1-12H,(H,23,25). The minimum absolute atomic E-state index is 0.141. The molecule has 3 heterocycles. The van der Waals surface area contributed by atoms with Crippen LogP contribution in [0.4, 0.5) is 5.69 Å². The van der Waals surface area contributed by atoms with Crippen LogP contribution in [0.15, 0.2) is 72.2 Å². The molecule has 0 aliphatic heterocycles. The molecule has 130 valence electrons. The zero-order chi connectivity index (χ0) is 18.2. The Kier molecular flexibility index (Phi) is 3.92. The molecule has 0 saturated heterocycles. The number of carbonyl (C=O) groups excluding carboxylic acids is 1. The predicted molar refractivity (Wildman–Crippen MR) is 113 cm³/mol. The maximum atomic E-state index is 13.0. The van der Waals surface area contributed by atoms with E-state index in [1.807, 2.05) is 66.0 Å². The van der Waals surface area contributed by atoms with E-state index in [2.05, 4.69) is 15.3 Å². The van der Waals surface area contributed by atoms with E-state index < -0.39 is 0 Å². The van der Waals surface area contributed by atoms with E-state index in [-0.39, 0.29) is 5.91 Å². The smallest absolute Gasteiger partial charge is 0.266 e. The number of aromatic nitrogens is 2. The molecule has 0 aliphatic carbocycles. The maximum absolute atomic E-state index is 13.0. The Morgan fingerprint density at radius 3 is 2.78 bits per heavy atom. The van der Waals surface area contributed by atoms with Crippen molar-refractivity contribution in [1.29, 1.82) is 0 Å². The predicted octanol–water partition coefficient (Wildman–Crippen LogP) is 5.83. The number of hydrogen-bond acceptors (Lipinski definition) is 5. The lowest BCUT2D eigenvalue weighted by atomic mass is 10.2. The topological polar surface area (TPSA) is 54.9 Å². The summed E-state index contributed by atoms with van der Waals surface area (Å²) in [6, 6.07) is 19.6. The molecule has 0 unspecified atom stereocenters. The third kappa shape index (κ3) is 2.89. The van der Waals surface area contributed by atoms with Gasteiger partial charge in [0.2, 0.25) is 0 Å². The fourth-order valence-corrected chi connectivity index (χ4v) is 4.88. The number of para-hydroxylation sites is 2. The normalized spacial score (nSPS) is 11.1. The lowest BCUT2D eigenvalue weighted by Crippen LogP contribution is -2.11. The molecule has 4 nitrogen and oxygen atoms in total. The van der Waals surface area contributed by atoms with E-state index >= 15 is 0 Å². The van der Waals surface area contributed by atoms with Gasteiger partial charge in [0.25, 0.3) is 5.91 Å². The highest BCUT2D eigenvalue weighted by Gasteiger charge is 2.18. The van der Waals surface area contributed by atoms with Gasteiger partial charge in [-0.25, -0.2) is 4.98 Å². The van der Waals surface area contributed by atoms with Crippen molar-refractivity contribution in [2.24, 2.45) is 0 Å². The third-order valence-electron chi connectivity index (χ3n) is 4.28. The Balaban J connectivity index is 1.52. The number of nitrogens with zero attached hydrogens (tertiary/aromatic N) is 2. The van der Waals surface area contributed by atoms with Gasteiger partial charge in [-0.3, -0.25) is 9.78 Å². The largest absolute Gasteiger partial charge is 0.319 e. The van der Waals surface area contributed by atoms with Gasteiger partial charge in [0.05, 0.1) is 21.4 Å². The molecule has 6 heteroatoms. The van der Waals surface area contributed by atoms with Gasteiger partial charge >= 0.3 is 0 Å². The first-order chi connectivity index (χ1) is 13.3. The van der Waals surface area contributed by atoms with Crippen molar-refractivity contribution in [2.75, 3.05) is 5.32 Å². The number of amides is 1. The van der Waals surface area contributed by atoms with Crippen molar-refractivity contribution in [3.63, 3.8) is 0 Å². The van der Waals surface area contributed by atoms with Gasteiger partial charge in [-0.2, -0.15) is 0 Å². The summed E-state index contributed by atoms with van der Waals surface area (Å²) >= 11 is 3.02. The highest BCUT2D eigenvalue weighted by atomic mass is 32.1. The Morgan fingerprint density at radius 1 is 0.963 bits per heavy atom. The summed E-state index contributed by atoms with van der Waals surface area (Å²) in [4.78, 5) is 22.7. The zero-order valence-corrected chi connectivity index (χ0v) is 15.7. The van der Waals surface area contributed by atoms with Crippen LogP contribution < -0.4 is 5.32 Å². The number of rotatable bonds is 3. The summed E-state index contributed by atoms with van der Waals surface area (Å²) < 4.78 is 1.11. The van der Waals surface area contributed by atoms with Crippen LogP contribution in [0.25, 0.3) is 31.7 Å². The van der Waals surface area contributed by atoms with Crippen LogP contribution in [-0.2, 0) is 0 Å². The van der Waals surface area contributed by atoms with Gasteiger partial charge < -0.3 is 5.32 Å². The first-order valence-corrected chi connectivity index (χ1v) is 10.1. The number of thiazole rings is 1. The van der Waals surface area contributed by atoms with Crippen LogP contribution in [0.2, 0.25) is 0 Å². The molecule has 5 rings (SSSR count). The molecule has 0 radical (unpaired) electrons. The molecule has 3 aromatic heterocycles. The summed E-state index contributed by atoms with van der Waals surface area (Å²) in [6.45, 7) is 0. The van der Waals surface area contributed by atoms with Crippen molar-refractivity contribution < 1.29 is 4.79 Å². The SMILES string of the molecule is O=C(Nc1cccc2cccnc12)c1sccc1-c1nc2ccccc2s1. The van der Waals surface area contributed by atoms with Gasteiger partial charge in [0.15, 0.2) is 0 Å². The minimum atomic E-state index is -0.141. The zero-order valence-electron chi connectivity index (χ0n) is 14.0. The molecule has 5 aromatic rings. The van der Waals surface area contributed by atoms with Crippen LogP contribution in [-0.4, -0.2) is 15.9 Å². The van der Waals surface area contributed by atoms with Gasteiger partial charge in [-0.15, -0.1) is 22.7 Å². The number of nitrogens with one attached hydrogen (secondary N) is 1. The molecule has 1 N–H and O–H groups in total. The summed E-state index contributed by atoms with van der Waals surface area (Å²) in [5.41, 5.74) is 3.31. The van der Waals surface area contributed by atoms with E-state index in [1.54, 1.807) is 17.5 Å². The van der Waals surface area contributed by atoms with E-state index in [0.29, 0.717) is 10.6 Å². The van der Waals surface area contributed by atoms with Gasteiger partial charge in [0.1, 0.15) is 9.88 Å². The number of anilines is 1. The van der Waals surface area contributed by atoms with Crippen LogP contribution in [0.3, 0.4) is 0 Å².